The number of nitrogens with two attached hydrogens (primary N) is 1. The lowest BCUT2D eigenvalue weighted by Crippen LogP contribution is -2.14. The first kappa shape index (κ1) is 11.6. The number of benzene rings is 1. The quantitative estimate of drug-likeness (QED) is 0.878. The van der Waals surface area contributed by atoms with E-state index in [1.165, 1.54) is 11.1 Å². The van der Waals surface area contributed by atoms with Crippen molar-refractivity contribution in [1.82, 2.24) is 0 Å². The average Bonchev–Trinajstić information content (AvgIpc) is 2.74. The molecule has 1 nitrogen and oxygen atoms in total. The van der Waals surface area contributed by atoms with E-state index in [0.717, 1.165) is 17.0 Å². The van der Waals surface area contributed by atoms with E-state index in [1.807, 2.05) is 18.2 Å². The first-order valence-corrected chi connectivity index (χ1v) is 6.51. The summed E-state index contributed by atoms with van der Waals surface area (Å²) >= 11 is 7.69. The molecule has 16 heavy (non-hydrogen) atoms. The first-order valence-electron chi connectivity index (χ1n) is 5.19. The van der Waals surface area contributed by atoms with E-state index in [4.69, 9.17) is 17.3 Å². The second-order valence-electron chi connectivity index (χ2n) is 3.94. The number of thiophene rings is 1. The molecule has 0 saturated heterocycles. The van der Waals surface area contributed by atoms with Crippen LogP contribution >= 0.6 is 22.9 Å². The highest BCUT2D eigenvalue weighted by Crippen LogP contribution is 2.23. The second kappa shape index (κ2) is 5.00. The zero-order chi connectivity index (χ0) is 11.5. The Labute approximate surface area is 105 Å². The lowest BCUT2D eigenvalue weighted by Gasteiger charge is -2.14. The largest absolute Gasteiger partial charge is 0.324 e. The molecular weight excluding hydrogens is 238 g/mol. The predicted octanol–water partition coefficient (Wildman–Crippen LogP) is 3.95. The molecule has 1 unspecified atom stereocenters. The molecule has 2 rings (SSSR count). The Kier molecular flexibility index (Phi) is 3.64. The molecule has 2 N–H and O–H groups in total. The van der Waals surface area contributed by atoms with E-state index in [1.54, 1.807) is 11.3 Å². The van der Waals surface area contributed by atoms with Gasteiger partial charge in [-0.1, -0.05) is 17.7 Å². The van der Waals surface area contributed by atoms with Crippen molar-refractivity contribution < 1.29 is 0 Å². The van der Waals surface area contributed by atoms with Gasteiger partial charge in [0, 0.05) is 11.1 Å². The van der Waals surface area contributed by atoms with Crippen LogP contribution in [0.3, 0.4) is 0 Å². The molecule has 0 aliphatic heterocycles. The van der Waals surface area contributed by atoms with Gasteiger partial charge >= 0.3 is 0 Å². The molecule has 2 aromatic rings. The number of halogens is 1. The highest BCUT2D eigenvalue weighted by molar-refractivity contribution is 7.07. The fourth-order valence-corrected chi connectivity index (χ4v) is 2.65. The lowest BCUT2D eigenvalue weighted by molar-refractivity contribution is 0.718. The zero-order valence-corrected chi connectivity index (χ0v) is 10.7. The summed E-state index contributed by atoms with van der Waals surface area (Å²) in [5.74, 6) is 0. The SMILES string of the molecule is Cc1ccc(Cl)cc1C(N)Cc1ccsc1. The van der Waals surface area contributed by atoms with Crippen molar-refractivity contribution in [3.63, 3.8) is 0 Å². The monoisotopic (exact) mass is 251 g/mol. The summed E-state index contributed by atoms with van der Waals surface area (Å²) in [6.07, 6.45) is 0.866. The van der Waals surface area contributed by atoms with E-state index in [9.17, 15) is 0 Å². The minimum absolute atomic E-state index is 0.0216. The van der Waals surface area contributed by atoms with Gasteiger partial charge < -0.3 is 5.73 Å². The Balaban J connectivity index is 2.20. The third-order valence-corrected chi connectivity index (χ3v) is 3.64. The third kappa shape index (κ3) is 2.64. The summed E-state index contributed by atoms with van der Waals surface area (Å²) in [6.45, 7) is 2.07. The van der Waals surface area contributed by atoms with Crippen LogP contribution in [0.25, 0.3) is 0 Å². The molecular formula is C13H14ClNS. The normalized spacial score (nSPS) is 12.7. The van der Waals surface area contributed by atoms with Crippen LogP contribution in [-0.2, 0) is 6.42 Å². The minimum atomic E-state index is 0.0216. The predicted molar refractivity (Wildman–Crippen MR) is 71.1 cm³/mol. The minimum Gasteiger partial charge on any atom is -0.324 e. The van der Waals surface area contributed by atoms with Gasteiger partial charge in [-0.05, 0) is 59.0 Å². The fourth-order valence-electron chi connectivity index (χ4n) is 1.78. The molecule has 1 aromatic carbocycles. The van der Waals surface area contributed by atoms with E-state index in [0.29, 0.717) is 0 Å². The van der Waals surface area contributed by atoms with E-state index in [-0.39, 0.29) is 6.04 Å². The van der Waals surface area contributed by atoms with Gasteiger partial charge in [0.2, 0.25) is 0 Å². The Hall–Kier alpha value is -0.830. The summed E-state index contributed by atoms with van der Waals surface area (Å²) < 4.78 is 0. The van der Waals surface area contributed by atoms with Crippen molar-refractivity contribution in [2.75, 3.05) is 0 Å². The number of aryl methyl sites for hydroxylation is 1. The molecule has 0 aliphatic carbocycles. The molecule has 0 saturated carbocycles. The van der Waals surface area contributed by atoms with Gasteiger partial charge in [0.15, 0.2) is 0 Å². The summed E-state index contributed by atoms with van der Waals surface area (Å²) in [6, 6.07) is 8.02. The van der Waals surface area contributed by atoms with Gasteiger partial charge in [-0.25, -0.2) is 0 Å². The number of hydrogen-bond acceptors (Lipinski definition) is 2. The number of rotatable bonds is 3. The molecule has 0 bridgehead atoms. The Morgan fingerprint density at radius 3 is 2.88 bits per heavy atom. The summed E-state index contributed by atoms with van der Waals surface area (Å²) in [7, 11) is 0. The summed E-state index contributed by atoms with van der Waals surface area (Å²) in [5.41, 5.74) is 9.83. The highest BCUT2D eigenvalue weighted by atomic mass is 35.5. The number of hydrogen-bond donors (Lipinski definition) is 1. The van der Waals surface area contributed by atoms with Crippen LogP contribution in [-0.4, -0.2) is 0 Å². The Morgan fingerprint density at radius 2 is 2.19 bits per heavy atom. The maximum Gasteiger partial charge on any atom is 0.0409 e. The molecule has 84 valence electrons. The molecule has 0 spiro atoms. The van der Waals surface area contributed by atoms with Crippen molar-refractivity contribution in [1.29, 1.82) is 0 Å². The van der Waals surface area contributed by atoms with Gasteiger partial charge in [-0.15, -0.1) is 0 Å². The molecule has 1 atom stereocenters. The van der Waals surface area contributed by atoms with Crippen molar-refractivity contribution >= 4 is 22.9 Å². The van der Waals surface area contributed by atoms with E-state index < -0.39 is 0 Å². The second-order valence-corrected chi connectivity index (χ2v) is 5.16. The van der Waals surface area contributed by atoms with Crippen LogP contribution in [0.2, 0.25) is 5.02 Å². The van der Waals surface area contributed by atoms with Gasteiger partial charge in [0.25, 0.3) is 0 Å². The maximum atomic E-state index is 6.20. The van der Waals surface area contributed by atoms with Crippen LogP contribution in [0.4, 0.5) is 0 Å². The Bertz CT molecular complexity index is 465. The van der Waals surface area contributed by atoms with Gasteiger partial charge in [-0.2, -0.15) is 11.3 Å². The molecule has 0 aliphatic rings. The van der Waals surface area contributed by atoms with Gasteiger partial charge in [0.1, 0.15) is 0 Å². The van der Waals surface area contributed by atoms with E-state index >= 15 is 0 Å². The Morgan fingerprint density at radius 1 is 1.38 bits per heavy atom. The topological polar surface area (TPSA) is 26.0 Å². The van der Waals surface area contributed by atoms with Crippen molar-refractivity contribution in [2.24, 2.45) is 5.73 Å². The van der Waals surface area contributed by atoms with Gasteiger partial charge in [-0.3, -0.25) is 0 Å². The fraction of sp³-hybridized carbons (Fsp3) is 0.231. The highest BCUT2D eigenvalue weighted by Gasteiger charge is 2.10. The molecule has 0 fully saturated rings. The summed E-state index contributed by atoms with van der Waals surface area (Å²) in [5, 5.41) is 4.97. The van der Waals surface area contributed by atoms with Crippen molar-refractivity contribution in [2.45, 2.75) is 19.4 Å². The molecule has 0 radical (unpaired) electrons. The van der Waals surface area contributed by atoms with Crippen LogP contribution in [0.15, 0.2) is 35.0 Å². The lowest BCUT2D eigenvalue weighted by atomic mass is 9.97. The smallest absolute Gasteiger partial charge is 0.0409 e. The van der Waals surface area contributed by atoms with E-state index in [2.05, 4.69) is 23.8 Å². The van der Waals surface area contributed by atoms with Crippen LogP contribution < -0.4 is 5.73 Å². The zero-order valence-electron chi connectivity index (χ0n) is 9.11. The van der Waals surface area contributed by atoms with Crippen LogP contribution in [0, 0.1) is 6.92 Å². The van der Waals surface area contributed by atoms with Crippen LogP contribution in [0.1, 0.15) is 22.7 Å². The summed E-state index contributed by atoms with van der Waals surface area (Å²) in [4.78, 5) is 0. The maximum absolute atomic E-state index is 6.20. The van der Waals surface area contributed by atoms with Gasteiger partial charge in [0.05, 0.1) is 0 Å². The standard InChI is InChI=1S/C13H14ClNS/c1-9-2-3-11(14)7-12(9)13(15)6-10-4-5-16-8-10/h2-5,7-8,13H,6,15H2,1H3. The van der Waals surface area contributed by atoms with Crippen LogP contribution in [0.5, 0.6) is 0 Å². The van der Waals surface area contributed by atoms with Crippen molar-refractivity contribution in [3.05, 3.63) is 56.7 Å². The molecule has 1 heterocycles. The third-order valence-electron chi connectivity index (χ3n) is 2.68. The molecule has 1 aromatic heterocycles. The average molecular weight is 252 g/mol. The van der Waals surface area contributed by atoms with Crippen molar-refractivity contribution in [3.8, 4) is 0 Å². The first-order chi connectivity index (χ1) is 7.66. The molecule has 0 amide bonds. The molecule has 3 heteroatoms.